The first-order chi connectivity index (χ1) is 15.9. The Morgan fingerprint density at radius 2 is 1.79 bits per heavy atom. The van der Waals surface area contributed by atoms with Crippen LogP contribution in [0.15, 0.2) is 42.5 Å². The lowest BCUT2D eigenvalue weighted by Gasteiger charge is -2.29. The van der Waals surface area contributed by atoms with Crippen molar-refractivity contribution < 1.29 is 14.4 Å². The van der Waals surface area contributed by atoms with Gasteiger partial charge in [0.25, 0.3) is 0 Å². The molecule has 7 heteroatoms. The van der Waals surface area contributed by atoms with Crippen LogP contribution in [0.5, 0.6) is 0 Å². The molecular weight excluding hydrogens is 434 g/mol. The lowest BCUT2D eigenvalue weighted by molar-refractivity contribution is -0.142. The third kappa shape index (κ3) is 3.24. The Balaban J connectivity index is 1.54. The Labute approximate surface area is 198 Å². The van der Waals surface area contributed by atoms with Crippen molar-refractivity contribution in [1.29, 1.82) is 0 Å². The SMILES string of the molecule is CSCC[C@@H]1N[C@]2(C(=O)Nc3c2ccc(C)c3C)[C@@H]2C(=O)N(CCc3ccccc3)C(=O)[C@H]12. The number of carbonyl (C=O) groups excluding carboxylic acids is 3. The molecule has 3 aliphatic rings. The van der Waals surface area contributed by atoms with Gasteiger partial charge >= 0.3 is 0 Å². The van der Waals surface area contributed by atoms with Crippen molar-refractivity contribution in [3.63, 3.8) is 0 Å². The van der Waals surface area contributed by atoms with Gasteiger partial charge in [0, 0.05) is 23.8 Å². The van der Waals surface area contributed by atoms with Crippen LogP contribution in [0.4, 0.5) is 5.69 Å². The molecule has 2 fully saturated rings. The van der Waals surface area contributed by atoms with E-state index in [0.29, 0.717) is 13.0 Å². The van der Waals surface area contributed by atoms with Gasteiger partial charge in [-0.1, -0.05) is 42.5 Å². The van der Waals surface area contributed by atoms with Crippen molar-refractivity contribution in [3.05, 3.63) is 64.7 Å². The van der Waals surface area contributed by atoms with Crippen molar-refractivity contribution in [2.24, 2.45) is 11.8 Å². The van der Waals surface area contributed by atoms with Gasteiger partial charge in [-0.05, 0) is 55.4 Å². The van der Waals surface area contributed by atoms with Gasteiger partial charge < -0.3 is 5.32 Å². The summed E-state index contributed by atoms with van der Waals surface area (Å²) in [6, 6.07) is 13.6. The third-order valence-corrected chi connectivity index (χ3v) is 8.26. The largest absolute Gasteiger partial charge is 0.324 e. The molecule has 1 spiro atoms. The first kappa shape index (κ1) is 22.2. The van der Waals surface area contributed by atoms with E-state index in [1.54, 1.807) is 11.8 Å². The number of amides is 3. The number of benzene rings is 2. The standard InChI is InChI=1S/C26H29N3O3S/c1-15-9-10-18-22(16(15)2)27-25(32)26(18)21-20(19(28-26)12-14-33-3)23(30)29(24(21)31)13-11-17-7-5-4-6-8-17/h4-10,19-21,28H,11-14H2,1-3H3,(H,27,32)/t19-,20+,21-,26-/m0/s1. The summed E-state index contributed by atoms with van der Waals surface area (Å²) in [6.45, 7) is 4.33. The summed E-state index contributed by atoms with van der Waals surface area (Å²) in [4.78, 5) is 42.3. The normalized spacial score (nSPS) is 27.9. The number of likely N-dealkylation sites (tertiary alicyclic amines) is 1. The molecule has 2 N–H and O–H groups in total. The molecule has 2 saturated heterocycles. The van der Waals surface area contributed by atoms with E-state index in [1.807, 2.05) is 62.6 Å². The van der Waals surface area contributed by atoms with Gasteiger partial charge in [-0.15, -0.1) is 0 Å². The molecule has 5 rings (SSSR count). The zero-order chi connectivity index (χ0) is 23.3. The van der Waals surface area contributed by atoms with Crippen molar-refractivity contribution in [1.82, 2.24) is 10.2 Å². The molecule has 3 amide bonds. The van der Waals surface area contributed by atoms with Crippen LogP contribution in [-0.2, 0) is 26.3 Å². The fourth-order valence-corrected chi connectivity index (χ4v) is 6.27. The highest BCUT2D eigenvalue weighted by molar-refractivity contribution is 7.98. The molecule has 4 atom stereocenters. The third-order valence-electron chi connectivity index (χ3n) is 7.61. The van der Waals surface area contributed by atoms with Crippen LogP contribution in [0.3, 0.4) is 0 Å². The maximum atomic E-state index is 13.8. The van der Waals surface area contributed by atoms with Crippen LogP contribution in [0, 0.1) is 25.7 Å². The first-order valence-corrected chi connectivity index (χ1v) is 12.9. The highest BCUT2D eigenvalue weighted by Crippen LogP contribution is 2.54. The summed E-state index contributed by atoms with van der Waals surface area (Å²) >= 11 is 1.70. The van der Waals surface area contributed by atoms with Gasteiger partial charge in [0.05, 0.1) is 11.8 Å². The van der Waals surface area contributed by atoms with Crippen LogP contribution in [0.2, 0.25) is 0 Å². The molecule has 0 aromatic heterocycles. The minimum Gasteiger partial charge on any atom is -0.324 e. The molecule has 0 unspecified atom stereocenters. The van der Waals surface area contributed by atoms with Crippen molar-refractivity contribution in [2.45, 2.75) is 38.3 Å². The van der Waals surface area contributed by atoms with E-state index in [2.05, 4.69) is 10.6 Å². The molecule has 33 heavy (non-hydrogen) atoms. The molecule has 2 aromatic carbocycles. The van der Waals surface area contributed by atoms with Gasteiger partial charge in [-0.3, -0.25) is 24.6 Å². The average Bonchev–Trinajstić information content (AvgIpc) is 3.39. The van der Waals surface area contributed by atoms with E-state index < -0.39 is 17.4 Å². The number of nitrogens with one attached hydrogen (secondary N) is 2. The quantitative estimate of drug-likeness (QED) is 0.644. The molecule has 0 radical (unpaired) electrons. The number of thioether (sulfide) groups is 1. The Hall–Kier alpha value is -2.64. The Morgan fingerprint density at radius 3 is 2.52 bits per heavy atom. The average molecular weight is 464 g/mol. The number of fused-ring (bicyclic) bond motifs is 4. The summed E-state index contributed by atoms with van der Waals surface area (Å²) in [7, 11) is 0. The summed E-state index contributed by atoms with van der Waals surface area (Å²) < 4.78 is 0. The first-order valence-electron chi connectivity index (χ1n) is 11.5. The lowest BCUT2D eigenvalue weighted by atomic mass is 9.76. The van der Waals surface area contributed by atoms with Gasteiger partial charge in [0.15, 0.2) is 0 Å². The van der Waals surface area contributed by atoms with E-state index in [4.69, 9.17) is 0 Å². The van der Waals surface area contributed by atoms with Crippen LogP contribution in [-0.4, -0.2) is 47.2 Å². The highest BCUT2D eigenvalue weighted by Gasteiger charge is 2.70. The minimum absolute atomic E-state index is 0.151. The summed E-state index contributed by atoms with van der Waals surface area (Å²) in [5, 5.41) is 6.57. The molecule has 0 bridgehead atoms. The van der Waals surface area contributed by atoms with E-state index in [0.717, 1.165) is 40.1 Å². The number of hydrogen-bond acceptors (Lipinski definition) is 5. The Bertz CT molecular complexity index is 1140. The van der Waals surface area contributed by atoms with Gasteiger partial charge in [0.2, 0.25) is 17.7 Å². The van der Waals surface area contributed by atoms with E-state index >= 15 is 0 Å². The number of imide groups is 1. The number of hydrogen-bond donors (Lipinski definition) is 2. The van der Waals surface area contributed by atoms with Crippen LogP contribution in [0.1, 0.15) is 28.7 Å². The minimum atomic E-state index is -1.20. The molecule has 172 valence electrons. The summed E-state index contributed by atoms with van der Waals surface area (Å²) in [6.07, 6.45) is 3.36. The fraction of sp³-hybridized carbons (Fsp3) is 0.423. The zero-order valence-corrected chi connectivity index (χ0v) is 20.0. The van der Waals surface area contributed by atoms with Gasteiger partial charge in [-0.2, -0.15) is 11.8 Å². The molecule has 6 nitrogen and oxygen atoms in total. The van der Waals surface area contributed by atoms with Crippen molar-refractivity contribution in [3.8, 4) is 0 Å². The van der Waals surface area contributed by atoms with Crippen LogP contribution in [0.25, 0.3) is 0 Å². The number of anilines is 1. The molecule has 0 saturated carbocycles. The van der Waals surface area contributed by atoms with Crippen LogP contribution < -0.4 is 10.6 Å². The molecular formula is C26H29N3O3S. The second-order valence-electron chi connectivity index (χ2n) is 9.29. The maximum absolute atomic E-state index is 13.8. The smallest absolute Gasteiger partial charge is 0.250 e. The molecule has 0 aliphatic carbocycles. The van der Waals surface area contributed by atoms with E-state index in [-0.39, 0.29) is 23.8 Å². The molecule has 3 aliphatic heterocycles. The zero-order valence-electron chi connectivity index (χ0n) is 19.2. The molecule has 2 aromatic rings. The number of aryl methyl sites for hydroxylation is 1. The number of rotatable bonds is 6. The van der Waals surface area contributed by atoms with Crippen molar-refractivity contribution >= 4 is 35.2 Å². The predicted molar refractivity (Wildman–Crippen MR) is 130 cm³/mol. The Kier molecular flexibility index (Phi) is 5.57. The monoisotopic (exact) mass is 463 g/mol. The van der Waals surface area contributed by atoms with E-state index in [1.165, 1.54) is 4.90 Å². The predicted octanol–water partition coefficient (Wildman–Crippen LogP) is 3.02. The second kappa shape index (κ2) is 8.29. The molecule has 3 heterocycles. The summed E-state index contributed by atoms with van der Waals surface area (Å²) in [5.41, 5.74) is 3.54. The fourth-order valence-electron chi connectivity index (χ4n) is 5.78. The van der Waals surface area contributed by atoms with E-state index in [9.17, 15) is 14.4 Å². The van der Waals surface area contributed by atoms with Gasteiger partial charge in [-0.25, -0.2) is 0 Å². The van der Waals surface area contributed by atoms with Crippen LogP contribution >= 0.6 is 11.8 Å². The lowest BCUT2D eigenvalue weighted by Crippen LogP contribution is -2.53. The number of carbonyl (C=O) groups is 3. The Morgan fingerprint density at radius 1 is 1.03 bits per heavy atom. The summed E-state index contributed by atoms with van der Waals surface area (Å²) in [5.74, 6) is -1.01. The van der Waals surface area contributed by atoms with Crippen molar-refractivity contribution in [2.75, 3.05) is 23.9 Å². The topological polar surface area (TPSA) is 78.5 Å². The number of nitrogens with zero attached hydrogens (tertiary/aromatic N) is 1. The maximum Gasteiger partial charge on any atom is 0.250 e. The highest BCUT2D eigenvalue weighted by atomic mass is 32.2. The van der Waals surface area contributed by atoms with Gasteiger partial charge in [0.1, 0.15) is 5.54 Å². The second-order valence-corrected chi connectivity index (χ2v) is 10.3.